The zero-order valence-electron chi connectivity index (χ0n) is 15.6. The van der Waals surface area contributed by atoms with Crippen LogP contribution in [0.3, 0.4) is 0 Å². The lowest BCUT2D eigenvalue weighted by Crippen LogP contribution is -2.32. The highest BCUT2D eigenvalue weighted by Gasteiger charge is 2.34. The summed E-state index contributed by atoms with van der Waals surface area (Å²) in [5.41, 5.74) is 0. The predicted molar refractivity (Wildman–Crippen MR) is 93.1 cm³/mol. The molecule has 0 aromatic carbocycles. The Morgan fingerprint density at radius 3 is 1.61 bits per heavy atom. The van der Waals surface area contributed by atoms with E-state index in [-0.39, 0.29) is 23.8 Å². The first-order valence-corrected chi connectivity index (χ1v) is 9.45. The molecule has 0 aromatic rings. The molecule has 0 saturated carbocycles. The van der Waals surface area contributed by atoms with Crippen molar-refractivity contribution >= 4 is 11.9 Å². The van der Waals surface area contributed by atoms with Crippen LogP contribution in [0.15, 0.2) is 0 Å². The topological polar surface area (TPSA) is 52.6 Å². The zero-order valence-corrected chi connectivity index (χ0v) is 15.6. The van der Waals surface area contributed by atoms with Crippen molar-refractivity contribution in [1.29, 1.82) is 0 Å². The van der Waals surface area contributed by atoms with Crippen molar-refractivity contribution < 1.29 is 19.1 Å². The van der Waals surface area contributed by atoms with Crippen LogP contribution in [0.4, 0.5) is 0 Å². The molecular formula is C19H36O4. The highest BCUT2D eigenvalue weighted by atomic mass is 16.5. The highest BCUT2D eigenvalue weighted by molar-refractivity contribution is 5.82. The molecule has 136 valence electrons. The highest BCUT2D eigenvalue weighted by Crippen LogP contribution is 2.25. The SMILES string of the molecule is CCCCCC(C(=O)OCCCC)C(CC)C(=O)OCCCC. The van der Waals surface area contributed by atoms with Gasteiger partial charge in [0.15, 0.2) is 0 Å². The van der Waals surface area contributed by atoms with Crippen LogP contribution in [0.25, 0.3) is 0 Å². The van der Waals surface area contributed by atoms with Crippen molar-refractivity contribution in [2.75, 3.05) is 13.2 Å². The molecule has 0 heterocycles. The van der Waals surface area contributed by atoms with E-state index in [0.717, 1.165) is 44.9 Å². The molecule has 2 unspecified atom stereocenters. The van der Waals surface area contributed by atoms with Crippen molar-refractivity contribution in [2.24, 2.45) is 11.8 Å². The number of hydrogen-bond acceptors (Lipinski definition) is 4. The molecule has 4 nitrogen and oxygen atoms in total. The van der Waals surface area contributed by atoms with Gasteiger partial charge in [-0.15, -0.1) is 0 Å². The van der Waals surface area contributed by atoms with E-state index >= 15 is 0 Å². The van der Waals surface area contributed by atoms with Crippen LogP contribution < -0.4 is 0 Å². The van der Waals surface area contributed by atoms with Crippen molar-refractivity contribution in [3.63, 3.8) is 0 Å². The third-order valence-corrected chi connectivity index (χ3v) is 4.13. The molecule has 0 rings (SSSR count). The molecule has 0 amide bonds. The Morgan fingerprint density at radius 2 is 1.17 bits per heavy atom. The average molecular weight is 328 g/mol. The number of hydrogen-bond donors (Lipinski definition) is 0. The van der Waals surface area contributed by atoms with Crippen LogP contribution in [-0.2, 0) is 19.1 Å². The number of rotatable bonds is 14. The average Bonchev–Trinajstić information content (AvgIpc) is 2.54. The summed E-state index contributed by atoms with van der Waals surface area (Å²) in [7, 11) is 0. The standard InChI is InChI=1S/C19H36O4/c1-5-9-12-13-17(19(21)23-15-11-7-3)16(8-4)18(20)22-14-10-6-2/h16-17H,5-15H2,1-4H3. The summed E-state index contributed by atoms with van der Waals surface area (Å²) < 4.78 is 10.7. The maximum absolute atomic E-state index is 12.4. The Balaban J connectivity index is 4.74. The third kappa shape index (κ3) is 9.62. The summed E-state index contributed by atoms with van der Waals surface area (Å²) in [6, 6.07) is 0. The normalized spacial score (nSPS) is 13.4. The van der Waals surface area contributed by atoms with Crippen LogP contribution in [-0.4, -0.2) is 25.2 Å². The summed E-state index contributed by atoms with van der Waals surface area (Å²) >= 11 is 0. The number of unbranched alkanes of at least 4 members (excludes halogenated alkanes) is 4. The fourth-order valence-corrected chi connectivity index (χ4v) is 2.56. The monoisotopic (exact) mass is 328 g/mol. The van der Waals surface area contributed by atoms with Crippen LogP contribution in [0.5, 0.6) is 0 Å². The molecule has 0 saturated heterocycles. The van der Waals surface area contributed by atoms with Crippen molar-refractivity contribution in [1.82, 2.24) is 0 Å². The van der Waals surface area contributed by atoms with Crippen LogP contribution >= 0.6 is 0 Å². The van der Waals surface area contributed by atoms with Gasteiger partial charge in [-0.05, 0) is 25.7 Å². The van der Waals surface area contributed by atoms with Gasteiger partial charge >= 0.3 is 11.9 Å². The molecule has 23 heavy (non-hydrogen) atoms. The fourth-order valence-electron chi connectivity index (χ4n) is 2.56. The summed E-state index contributed by atoms with van der Waals surface area (Å²) in [6.45, 7) is 9.08. The largest absolute Gasteiger partial charge is 0.465 e. The second kappa shape index (κ2) is 14.5. The molecule has 0 aromatic heterocycles. The van der Waals surface area contributed by atoms with Crippen LogP contribution in [0, 0.1) is 11.8 Å². The van der Waals surface area contributed by atoms with Gasteiger partial charge < -0.3 is 9.47 Å². The quantitative estimate of drug-likeness (QED) is 0.336. The minimum atomic E-state index is -0.377. The summed E-state index contributed by atoms with van der Waals surface area (Å²) in [6.07, 6.45) is 8.14. The number of esters is 2. The second-order valence-electron chi connectivity index (χ2n) is 6.16. The maximum Gasteiger partial charge on any atom is 0.309 e. The molecule has 0 aliphatic heterocycles. The Kier molecular flexibility index (Phi) is 13.9. The summed E-state index contributed by atoms with van der Waals surface area (Å²) in [4.78, 5) is 24.7. The van der Waals surface area contributed by atoms with E-state index in [2.05, 4.69) is 20.8 Å². The fraction of sp³-hybridized carbons (Fsp3) is 0.895. The lowest BCUT2D eigenvalue weighted by molar-refractivity contribution is -0.161. The van der Waals surface area contributed by atoms with E-state index in [1.165, 1.54) is 0 Å². The van der Waals surface area contributed by atoms with E-state index in [4.69, 9.17) is 9.47 Å². The number of carbonyl (C=O) groups excluding carboxylic acids is 2. The first-order chi connectivity index (χ1) is 11.1. The van der Waals surface area contributed by atoms with Gasteiger partial charge in [0.25, 0.3) is 0 Å². The van der Waals surface area contributed by atoms with Gasteiger partial charge in [-0.3, -0.25) is 9.59 Å². The van der Waals surface area contributed by atoms with Crippen LogP contribution in [0.2, 0.25) is 0 Å². The van der Waals surface area contributed by atoms with Crippen molar-refractivity contribution in [3.05, 3.63) is 0 Å². The summed E-state index contributed by atoms with van der Waals surface area (Å²) in [5, 5.41) is 0. The molecule has 0 aliphatic rings. The van der Waals surface area contributed by atoms with Crippen molar-refractivity contribution in [2.45, 2.75) is 85.5 Å². The Labute approximate surface area is 142 Å². The number of carbonyl (C=O) groups is 2. The van der Waals surface area contributed by atoms with E-state index in [0.29, 0.717) is 26.1 Å². The van der Waals surface area contributed by atoms with Gasteiger partial charge in [-0.1, -0.05) is 59.8 Å². The molecule has 0 N–H and O–H groups in total. The Hall–Kier alpha value is -1.06. The predicted octanol–water partition coefficient (Wildman–Crippen LogP) is 4.90. The lowest BCUT2D eigenvalue weighted by atomic mass is 9.85. The van der Waals surface area contributed by atoms with Gasteiger partial charge in [0.05, 0.1) is 25.0 Å². The lowest BCUT2D eigenvalue weighted by Gasteiger charge is -2.23. The van der Waals surface area contributed by atoms with Gasteiger partial charge in [0.2, 0.25) is 0 Å². The summed E-state index contributed by atoms with van der Waals surface area (Å²) in [5.74, 6) is -1.21. The van der Waals surface area contributed by atoms with Gasteiger partial charge in [-0.2, -0.15) is 0 Å². The van der Waals surface area contributed by atoms with Crippen LogP contribution in [0.1, 0.15) is 85.5 Å². The second-order valence-corrected chi connectivity index (χ2v) is 6.16. The molecule has 2 atom stereocenters. The molecule has 0 bridgehead atoms. The maximum atomic E-state index is 12.4. The minimum Gasteiger partial charge on any atom is -0.465 e. The third-order valence-electron chi connectivity index (χ3n) is 4.13. The van der Waals surface area contributed by atoms with E-state index in [1.54, 1.807) is 0 Å². The van der Waals surface area contributed by atoms with E-state index in [9.17, 15) is 9.59 Å². The van der Waals surface area contributed by atoms with Crippen molar-refractivity contribution in [3.8, 4) is 0 Å². The van der Waals surface area contributed by atoms with E-state index in [1.807, 2.05) is 6.92 Å². The molecule has 0 aliphatic carbocycles. The molecule has 0 fully saturated rings. The minimum absolute atomic E-state index is 0.228. The zero-order chi connectivity index (χ0) is 17.5. The van der Waals surface area contributed by atoms with Gasteiger partial charge in [0.1, 0.15) is 0 Å². The number of ether oxygens (including phenoxy) is 2. The first kappa shape index (κ1) is 21.9. The molecule has 4 heteroatoms. The van der Waals surface area contributed by atoms with E-state index < -0.39 is 0 Å². The Morgan fingerprint density at radius 1 is 0.696 bits per heavy atom. The smallest absolute Gasteiger partial charge is 0.309 e. The molecule has 0 radical (unpaired) electrons. The van der Waals surface area contributed by atoms with Gasteiger partial charge in [0, 0.05) is 0 Å². The first-order valence-electron chi connectivity index (χ1n) is 9.45. The molecular weight excluding hydrogens is 292 g/mol. The Bertz CT molecular complexity index is 314. The van der Waals surface area contributed by atoms with Gasteiger partial charge in [-0.25, -0.2) is 0 Å². The molecule has 0 spiro atoms.